The molecule has 0 aliphatic carbocycles. The Balaban J connectivity index is 0.00000192. The van der Waals surface area contributed by atoms with E-state index in [1.165, 1.54) is 11.1 Å². The fourth-order valence-electron chi connectivity index (χ4n) is 2.61. The molecule has 3 nitrogen and oxygen atoms in total. The summed E-state index contributed by atoms with van der Waals surface area (Å²) in [5.41, 5.74) is 4.51. The van der Waals surface area contributed by atoms with Gasteiger partial charge in [-0.3, -0.25) is 4.98 Å². The molecule has 5 heteroatoms. The first-order valence-corrected chi connectivity index (χ1v) is 7.76. The van der Waals surface area contributed by atoms with Crippen LogP contribution in [0.15, 0.2) is 47.2 Å². The molecule has 0 saturated heterocycles. The number of hydrogen-bond acceptors (Lipinski definition) is 2. The van der Waals surface area contributed by atoms with E-state index in [2.05, 4.69) is 63.6 Å². The summed E-state index contributed by atoms with van der Waals surface area (Å²) in [4.78, 5) is 4.51. The molecule has 121 valence electrons. The molecule has 0 N–H and O–H groups in total. The summed E-state index contributed by atoms with van der Waals surface area (Å²) in [7, 11) is 1.64. The van der Waals surface area contributed by atoms with E-state index in [4.69, 9.17) is 4.74 Å². The maximum atomic E-state index is 5.27. The molecule has 1 aromatic heterocycles. The molecule has 0 aliphatic heterocycles. The van der Waals surface area contributed by atoms with E-state index < -0.39 is 0 Å². The van der Waals surface area contributed by atoms with Gasteiger partial charge in [0.05, 0.1) is 12.9 Å². The van der Waals surface area contributed by atoms with Gasteiger partial charge < -0.3 is 9.30 Å². The molecule has 0 saturated carbocycles. The predicted octanol–water partition coefficient (Wildman–Crippen LogP) is 4.72. The van der Waals surface area contributed by atoms with Gasteiger partial charge in [-0.05, 0) is 29.4 Å². The van der Waals surface area contributed by atoms with Crippen LogP contribution in [0.3, 0.4) is 0 Å². The number of methoxy groups -OCH3 is 1. The minimum atomic E-state index is 0. The van der Waals surface area contributed by atoms with Crippen LogP contribution in [0.25, 0.3) is 17.1 Å². The van der Waals surface area contributed by atoms with Crippen molar-refractivity contribution in [3.63, 3.8) is 0 Å². The van der Waals surface area contributed by atoms with Crippen molar-refractivity contribution in [3.05, 3.63) is 64.4 Å². The number of benzene rings is 2. The third-order valence-corrected chi connectivity index (χ3v) is 4.27. The summed E-state index contributed by atoms with van der Waals surface area (Å²) in [5, 5.41) is 0. The number of aryl methyl sites for hydroxylation is 2. The summed E-state index contributed by atoms with van der Waals surface area (Å²) in [6.07, 6.45) is 3.80. The van der Waals surface area contributed by atoms with Gasteiger partial charge in [0.25, 0.3) is 0 Å². The molecule has 0 amide bonds. The van der Waals surface area contributed by atoms with Gasteiger partial charge >= 0.3 is 0 Å². The van der Waals surface area contributed by atoms with Gasteiger partial charge in [-0.15, -0.1) is 23.8 Å². The Morgan fingerprint density at radius 2 is 1.91 bits per heavy atom. The van der Waals surface area contributed by atoms with Crippen LogP contribution in [0.2, 0.25) is 0 Å². The van der Waals surface area contributed by atoms with Crippen molar-refractivity contribution in [3.8, 4) is 22.8 Å². The zero-order valence-electron chi connectivity index (χ0n) is 13.1. The van der Waals surface area contributed by atoms with Crippen molar-refractivity contribution in [1.82, 2.24) is 9.55 Å². The van der Waals surface area contributed by atoms with Gasteiger partial charge in [0.1, 0.15) is 0 Å². The molecule has 0 aliphatic rings. The average Bonchev–Trinajstić information content (AvgIpc) is 2.96. The number of halogens is 1. The standard InChI is InChI=1S/C18H16BrN2O.Ir/c1-12-5-4-6-13(2)17(12)21-10-9-20-18(21)14-7-8-16(22-3)15(19)11-14;/h4-6,8-11H,1-3H3;/q-1;. The normalized spacial score (nSPS) is 10.3. The van der Waals surface area contributed by atoms with Crippen molar-refractivity contribution >= 4 is 15.9 Å². The largest absolute Gasteiger partial charge is 0.539 e. The van der Waals surface area contributed by atoms with Crippen LogP contribution >= 0.6 is 15.9 Å². The molecule has 0 atom stereocenters. The van der Waals surface area contributed by atoms with Crippen molar-refractivity contribution < 1.29 is 24.8 Å². The van der Waals surface area contributed by atoms with Crippen LogP contribution in [0.1, 0.15) is 11.1 Å². The van der Waals surface area contributed by atoms with Crippen LogP contribution < -0.4 is 4.74 Å². The van der Waals surface area contributed by atoms with E-state index in [0.717, 1.165) is 27.3 Å². The SMILES string of the molecule is COc1c[c-]c(-c2nccn2-c2c(C)cccc2C)cc1Br.[Ir]. The summed E-state index contributed by atoms with van der Waals surface area (Å²) in [6, 6.07) is 13.3. The zero-order chi connectivity index (χ0) is 15.7. The Bertz CT molecular complexity index is 809. The van der Waals surface area contributed by atoms with Crippen molar-refractivity contribution in [2.45, 2.75) is 13.8 Å². The fourth-order valence-corrected chi connectivity index (χ4v) is 3.11. The molecular weight excluding hydrogens is 532 g/mol. The maximum absolute atomic E-state index is 5.27. The number of para-hydroxylation sites is 1. The second-order valence-electron chi connectivity index (χ2n) is 5.12. The van der Waals surface area contributed by atoms with E-state index in [1.54, 1.807) is 7.11 Å². The third-order valence-electron chi connectivity index (χ3n) is 3.65. The number of imidazole rings is 1. The fraction of sp³-hybridized carbons (Fsp3) is 0.167. The zero-order valence-corrected chi connectivity index (χ0v) is 17.0. The summed E-state index contributed by atoms with van der Waals surface area (Å²) in [5.74, 6) is 1.62. The third kappa shape index (κ3) is 3.42. The Labute approximate surface area is 158 Å². The number of rotatable bonds is 3. The van der Waals surface area contributed by atoms with Crippen LogP contribution in [-0.2, 0) is 20.1 Å². The topological polar surface area (TPSA) is 27.1 Å². The second kappa shape index (κ2) is 7.43. The Morgan fingerprint density at radius 1 is 1.22 bits per heavy atom. The van der Waals surface area contributed by atoms with Crippen LogP contribution in [0.5, 0.6) is 5.75 Å². The summed E-state index contributed by atoms with van der Waals surface area (Å²) < 4.78 is 8.26. The quantitative estimate of drug-likeness (QED) is 0.443. The van der Waals surface area contributed by atoms with E-state index >= 15 is 0 Å². The van der Waals surface area contributed by atoms with Crippen LogP contribution in [-0.4, -0.2) is 16.7 Å². The van der Waals surface area contributed by atoms with Gasteiger partial charge in [-0.25, -0.2) is 0 Å². The molecule has 1 radical (unpaired) electrons. The molecular formula is C18H16BrIrN2O-. The number of aromatic nitrogens is 2. The van der Waals surface area contributed by atoms with E-state index in [-0.39, 0.29) is 20.1 Å². The molecule has 2 aromatic carbocycles. The minimum absolute atomic E-state index is 0. The Morgan fingerprint density at radius 3 is 2.52 bits per heavy atom. The van der Waals surface area contributed by atoms with E-state index in [1.807, 2.05) is 24.5 Å². The molecule has 0 bridgehead atoms. The van der Waals surface area contributed by atoms with E-state index in [0.29, 0.717) is 0 Å². The summed E-state index contributed by atoms with van der Waals surface area (Å²) in [6.45, 7) is 4.22. The second-order valence-corrected chi connectivity index (χ2v) is 5.98. The molecule has 1 heterocycles. The Kier molecular flexibility index (Phi) is 5.79. The van der Waals surface area contributed by atoms with Gasteiger partial charge in [0.2, 0.25) is 0 Å². The van der Waals surface area contributed by atoms with E-state index in [9.17, 15) is 0 Å². The first-order chi connectivity index (χ1) is 10.6. The number of nitrogens with zero attached hydrogens (tertiary/aromatic N) is 2. The molecule has 0 fully saturated rings. The first kappa shape index (κ1) is 17.9. The molecule has 3 aromatic rings. The minimum Gasteiger partial charge on any atom is -0.539 e. The predicted molar refractivity (Wildman–Crippen MR) is 91.6 cm³/mol. The average molecular weight is 548 g/mol. The van der Waals surface area contributed by atoms with Crippen molar-refractivity contribution in [2.24, 2.45) is 0 Å². The molecule has 0 spiro atoms. The molecule has 23 heavy (non-hydrogen) atoms. The summed E-state index contributed by atoms with van der Waals surface area (Å²) >= 11 is 3.52. The smallest absolute Gasteiger partial charge is 0.0648 e. The van der Waals surface area contributed by atoms with Gasteiger partial charge in [-0.2, -0.15) is 0 Å². The van der Waals surface area contributed by atoms with Gasteiger partial charge in [0.15, 0.2) is 0 Å². The van der Waals surface area contributed by atoms with Crippen molar-refractivity contribution in [1.29, 1.82) is 0 Å². The van der Waals surface area contributed by atoms with Crippen molar-refractivity contribution in [2.75, 3.05) is 7.11 Å². The number of ether oxygens (including phenoxy) is 1. The molecule has 0 unspecified atom stereocenters. The molecule has 3 rings (SSSR count). The monoisotopic (exact) mass is 548 g/mol. The van der Waals surface area contributed by atoms with Gasteiger partial charge in [0, 0.05) is 43.9 Å². The Hall–Kier alpha value is -1.42. The number of hydrogen-bond donors (Lipinski definition) is 0. The van der Waals surface area contributed by atoms with Gasteiger partial charge in [-0.1, -0.05) is 34.1 Å². The maximum Gasteiger partial charge on any atom is 0.0648 e. The van der Waals surface area contributed by atoms with Crippen LogP contribution in [0, 0.1) is 19.9 Å². The first-order valence-electron chi connectivity index (χ1n) is 6.97. The van der Waals surface area contributed by atoms with Crippen LogP contribution in [0.4, 0.5) is 0 Å².